The summed E-state index contributed by atoms with van der Waals surface area (Å²) in [6.07, 6.45) is 4.17. The molecule has 0 aliphatic heterocycles. The number of fused-ring (bicyclic) bond motifs is 2. The maximum absolute atomic E-state index is 2.28. The zero-order chi connectivity index (χ0) is 12.7. The molecule has 1 nitrogen and oxygen atoms in total. The lowest BCUT2D eigenvalue weighted by Crippen LogP contribution is -1.91. The first-order valence-corrected chi connectivity index (χ1v) is 6.47. The second-order valence-electron chi connectivity index (χ2n) is 4.79. The first kappa shape index (κ1) is 10.4. The molecule has 0 N–H and O–H groups in total. The van der Waals surface area contributed by atoms with Crippen LogP contribution in [0, 0.1) is 0 Å². The van der Waals surface area contributed by atoms with Crippen LogP contribution in [0.3, 0.4) is 0 Å². The van der Waals surface area contributed by atoms with Crippen molar-refractivity contribution >= 4 is 21.5 Å². The number of rotatable bonds is 1. The Hall–Kier alpha value is -2.54. The van der Waals surface area contributed by atoms with Gasteiger partial charge in [-0.2, -0.15) is 0 Å². The fourth-order valence-corrected chi connectivity index (χ4v) is 2.67. The standard InChI is InChI=1S/C18H13N/c1-2-7-15-13-17-16(12-14(15)6-1)8-5-9-18(17)19-10-3-4-11-19/h1-13H. The molecule has 0 radical (unpaired) electrons. The highest BCUT2D eigenvalue weighted by atomic mass is 14.9. The SMILES string of the molecule is c1ccc2cc3c(-n4cccc4)cccc3cc2c1. The number of aromatic nitrogens is 1. The van der Waals surface area contributed by atoms with E-state index in [0.29, 0.717) is 0 Å². The lowest BCUT2D eigenvalue weighted by molar-refractivity contribution is 1.09. The predicted octanol–water partition coefficient (Wildman–Crippen LogP) is 4.78. The molecule has 0 spiro atoms. The van der Waals surface area contributed by atoms with Crippen molar-refractivity contribution in [2.75, 3.05) is 0 Å². The van der Waals surface area contributed by atoms with E-state index in [1.165, 1.54) is 27.2 Å². The molecule has 1 heterocycles. The van der Waals surface area contributed by atoms with E-state index in [4.69, 9.17) is 0 Å². The van der Waals surface area contributed by atoms with Gasteiger partial charge in [-0.25, -0.2) is 0 Å². The highest BCUT2D eigenvalue weighted by Gasteiger charge is 2.03. The Morgan fingerprint density at radius 3 is 2.05 bits per heavy atom. The van der Waals surface area contributed by atoms with Gasteiger partial charge in [0.1, 0.15) is 0 Å². The normalized spacial score (nSPS) is 11.2. The van der Waals surface area contributed by atoms with E-state index in [9.17, 15) is 0 Å². The Bertz CT molecular complexity index is 857. The number of hydrogen-bond donors (Lipinski definition) is 0. The van der Waals surface area contributed by atoms with Crippen LogP contribution >= 0.6 is 0 Å². The molecule has 0 aliphatic carbocycles. The van der Waals surface area contributed by atoms with Gasteiger partial charge < -0.3 is 4.57 Å². The summed E-state index contributed by atoms with van der Waals surface area (Å²) in [4.78, 5) is 0. The second-order valence-corrected chi connectivity index (χ2v) is 4.79. The molecule has 0 aliphatic rings. The highest BCUT2D eigenvalue weighted by molar-refractivity contribution is 6.01. The Balaban J connectivity index is 2.12. The third-order valence-corrected chi connectivity index (χ3v) is 3.61. The quantitative estimate of drug-likeness (QED) is 0.424. The van der Waals surface area contributed by atoms with Crippen LogP contribution in [0.2, 0.25) is 0 Å². The zero-order valence-corrected chi connectivity index (χ0v) is 10.5. The molecule has 0 saturated carbocycles. The molecule has 4 rings (SSSR count). The Morgan fingerprint density at radius 1 is 0.579 bits per heavy atom. The van der Waals surface area contributed by atoms with Gasteiger partial charge in [0.15, 0.2) is 0 Å². The van der Waals surface area contributed by atoms with E-state index >= 15 is 0 Å². The highest BCUT2D eigenvalue weighted by Crippen LogP contribution is 2.27. The molecule has 0 unspecified atom stereocenters. The summed E-state index contributed by atoms with van der Waals surface area (Å²) in [7, 11) is 0. The van der Waals surface area contributed by atoms with Gasteiger partial charge in [-0.3, -0.25) is 0 Å². The van der Waals surface area contributed by atoms with Gasteiger partial charge in [0, 0.05) is 17.8 Å². The smallest absolute Gasteiger partial charge is 0.0527 e. The predicted molar refractivity (Wildman–Crippen MR) is 80.8 cm³/mol. The number of nitrogens with zero attached hydrogens (tertiary/aromatic N) is 1. The summed E-state index contributed by atoms with van der Waals surface area (Å²) in [5.74, 6) is 0. The Morgan fingerprint density at radius 2 is 1.26 bits per heavy atom. The van der Waals surface area contributed by atoms with E-state index in [1.54, 1.807) is 0 Å². The molecule has 0 fully saturated rings. The van der Waals surface area contributed by atoms with Gasteiger partial charge >= 0.3 is 0 Å². The number of benzene rings is 3. The van der Waals surface area contributed by atoms with Crippen molar-refractivity contribution in [3.05, 3.63) is 79.1 Å². The van der Waals surface area contributed by atoms with Crippen LogP contribution in [0.4, 0.5) is 0 Å². The van der Waals surface area contributed by atoms with Gasteiger partial charge in [0.05, 0.1) is 5.69 Å². The molecule has 90 valence electrons. The van der Waals surface area contributed by atoms with E-state index in [2.05, 4.69) is 83.7 Å². The molecule has 0 saturated heterocycles. The Labute approximate surface area is 111 Å². The average molecular weight is 243 g/mol. The third kappa shape index (κ3) is 1.63. The molecule has 0 amide bonds. The van der Waals surface area contributed by atoms with Crippen LogP contribution < -0.4 is 0 Å². The first-order chi connectivity index (χ1) is 9.42. The van der Waals surface area contributed by atoms with Gasteiger partial charge in [-0.15, -0.1) is 0 Å². The summed E-state index contributed by atoms with van der Waals surface area (Å²) in [6, 6.07) is 23.6. The molecular weight excluding hydrogens is 230 g/mol. The van der Waals surface area contributed by atoms with Crippen LogP contribution in [0.1, 0.15) is 0 Å². The first-order valence-electron chi connectivity index (χ1n) is 6.47. The summed E-state index contributed by atoms with van der Waals surface area (Å²) in [6.45, 7) is 0. The number of hydrogen-bond acceptors (Lipinski definition) is 0. The summed E-state index contributed by atoms with van der Waals surface area (Å²) < 4.78 is 2.16. The molecule has 19 heavy (non-hydrogen) atoms. The van der Waals surface area contributed by atoms with Crippen LogP contribution in [-0.4, -0.2) is 4.57 Å². The molecule has 3 aromatic carbocycles. The van der Waals surface area contributed by atoms with Gasteiger partial charge in [-0.05, 0) is 46.5 Å². The van der Waals surface area contributed by atoms with E-state index in [1.807, 2.05) is 0 Å². The van der Waals surface area contributed by atoms with Gasteiger partial charge in [-0.1, -0.05) is 36.4 Å². The van der Waals surface area contributed by atoms with Crippen LogP contribution in [0.5, 0.6) is 0 Å². The van der Waals surface area contributed by atoms with Crippen LogP contribution in [0.25, 0.3) is 27.2 Å². The largest absolute Gasteiger partial charge is 0.323 e. The minimum absolute atomic E-state index is 1.23. The zero-order valence-electron chi connectivity index (χ0n) is 10.5. The van der Waals surface area contributed by atoms with Crippen molar-refractivity contribution in [1.29, 1.82) is 0 Å². The summed E-state index contributed by atoms with van der Waals surface area (Å²) >= 11 is 0. The van der Waals surface area contributed by atoms with Crippen molar-refractivity contribution in [1.82, 2.24) is 4.57 Å². The maximum atomic E-state index is 2.28. The third-order valence-electron chi connectivity index (χ3n) is 3.61. The van der Waals surface area contributed by atoms with Crippen molar-refractivity contribution in [3.63, 3.8) is 0 Å². The molecular formula is C18H13N. The lowest BCUT2D eigenvalue weighted by atomic mass is 10.0. The topological polar surface area (TPSA) is 4.93 Å². The van der Waals surface area contributed by atoms with Crippen LogP contribution in [-0.2, 0) is 0 Å². The van der Waals surface area contributed by atoms with Crippen molar-refractivity contribution in [2.24, 2.45) is 0 Å². The molecule has 0 atom stereocenters. The van der Waals surface area contributed by atoms with Crippen molar-refractivity contribution < 1.29 is 0 Å². The van der Waals surface area contributed by atoms with E-state index in [0.717, 1.165) is 0 Å². The second kappa shape index (κ2) is 3.99. The molecule has 1 heteroatoms. The monoisotopic (exact) mass is 243 g/mol. The van der Waals surface area contributed by atoms with E-state index in [-0.39, 0.29) is 0 Å². The fraction of sp³-hybridized carbons (Fsp3) is 0. The van der Waals surface area contributed by atoms with Crippen LogP contribution in [0.15, 0.2) is 79.1 Å². The average Bonchev–Trinajstić information content (AvgIpc) is 2.98. The lowest BCUT2D eigenvalue weighted by Gasteiger charge is -2.09. The molecule has 1 aromatic heterocycles. The summed E-state index contributed by atoms with van der Waals surface area (Å²) in [5, 5.41) is 5.15. The van der Waals surface area contributed by atoms with Crippen molar-refractivity contribution in [2.45, 2.75) is 0 Å². The van der Waals surface area contributed by atoms with Gasteiger partial charge in [0.25, 0.3) is 0 Å². The van der Waals surface area contributed by atoms with E-state index < -0.39 is 0 Å². The van der Waals surface area contributed by atoms with Crippen molar-refractivity contribution in [3.8, 4) is 5.69 Å². The molecule has 0 bridgehead atoms. The minimum atomic E-state index is 1.23. The Kier molecular flexibility index (Phi) is 2.18. The fourth-order valence-electron chi connectivity index (χ4n) is 2.67. The molecule has 4 aromatic rings. The summed E-state index contributed by atoms with van der Waals surface area (Å²) in [5.41, 5.74) is 1.23. The van der Waals surface area contributed by atoms with Gasteiger partial charge in [0.2, 0.25) is 0 Å². The minimum Gasteiger partial charge on any atom is -0.323 e. The maximum Gasteiger partial charge on any atom is 0.0527 e.